The summed E-state index contributed by atoms with van der Waals surface area (Å²) < 4.78 is 0. The van der Waals surface area contributed by atoms with E-state index in [2.05, 4.69) is 0 Å². The molecule has 16 heteroatoms. The van der Waals surface area contributed by atoms with Gasteiger partial charge in [-0.3, -0.25) is 30.3 Å². The second-order valence-corrected chi connectivity index (χ2v) is 6.24. The topological polar surface area (TPSA) is 241 Å². The van der Waals surface area contributed by atoms with Crippen molar-refractivity contribution in [3.63, 3.8) is 0 Å². The zero-order valence-electron chi connectivity index (χ0n) is 18.1. The number of nitrogens with zero attached hydrogens (tertiary/aromatic N) is 3. The molecule has 0 unspecified atom stereocenters. The molecule has 0 saturated heterocycles. The van der Waals surface area contributed by atoms with Gasteiger partial charge in [-0.2, -0.15) is 0 Å². The zero-order chi connectivity index (χ0) is 27.4. The molecule has 195 valence electrons. The van der Waals surface area contributed by atoms with Gasteiger partial charge in [-0.15, -0.1) is 0 Å². The van der Waals surface area contributed by atoms with Crippen LogP contribution in [0.25, 0.3) is 0 Å². The first-order chi connectivity index (χ1) is 16.9. The van der Waals surface area contributed by atoms with Crippen LogP contribution in [0.3, 0.4) is 0 Å². The third-order valence-electron chi connectivity index (χ3n) is 3.99. The predicted octanol–water partition coefficient (Wildman–Crippen LogP) is 3.88. The smallest absolute Gasteiger partial charge is 0.342 e. The minimum absolute atomic E-state index is 0. The Hall–Kier alpha value is -4.44. The number of carbonyl (C=O) groups is 3. The first kappa shape index (κ1) is 32.6. The molecule has 0 aliphatic rings. The summed E-state index contributed by atoms with van der Waals surface area (Å²) in [6.45, 7) is 0. The first-order valence-corrected chi connectivity index (χ1v) is 9.28. The SMILES string of the molecule is O=C(O)c1ccccc1[N+](=O)[O-].O=C(O)c1ccccc1[N+](=O)[O-].O=C(O)c1ccccc1[N+](=O)[O-].[Tb]. The van der Waals surface area contributed by atoms with Crippen LogP contribution in [0.1, 0.15) is 31.1 Å². The molecular formula is C21H15N3O12Tb. The summed E-state index contributed by atoms with van der Waals surface area (Å²) >= 11 is 0. The van der Waals surface area contributed by atoms with Gasteiger partial charge in [0.1, 0.15) is 16.7 Å². The summed E-state index contributed by atoms with van der Waals surface area (Å²) in [5.41, 5.74) is -2.02. The molecule has 37 heavy (non-hydrogen) atoms. The van der Waals surface area contributed by atoms with Crippen LogP contribution in [-0.4, -0.2) is 48.0 Å². The van der Waals surface area contributed by atoms with Crippen molar-refractivity contribution < 1.29 is 83.1 Å². The quantitative estimate of drug-likeness (QED) is 0.252. The van der Waals surface area contributed by atoms with E-state index in [1.165, 1.54) is 54.6 Å². The summed E-state index contributed by atoms with van der Waals surface area (Å²) in [4.78, 5) is 59.9. The summed E-state index contributed by atoms with van der Waals surface area (Å²) in [6, 6.07) is 15.6. The van der Waals surface area contributed by atoms with Crippen LogP contribution in [0.2, 0.25) is 0 Å². The number of hydrogen-bond acceptors (Lipinski definition) is 9. The molecule has 3 rings (SSSR count). The van der Waals surface area contributed by atoms with E-state index in [1.54, 1.807) is 0 Å². The third-order valence-corrected chi connectivity index (χ3v) is 3.99. The molecule has 0 spiro atoms. The Morgan fingerprint density at radius 1 is 0.486 bits per heavy atom. The fraction of sp³-hybridized carbons (Fsp3) is 0. The molecular weight excluding hydrogens is 645 g/mol. The van der Waals surface area contributed by atoms with Gasteiger partial charge in [-0.1, -0.05) is 36.4 Å². The molecule has 0 aliphatic heterocycles. The largest absolute Gasteiger partial charge is 0.477 e. The molecule has 3 aromatic carbocycles. The average molecular weight is 660 g/mol. The van der Waals surface area contributed by atoms with Gasteiger partial charge >= 0.3 is 17.9 Å². The van der Waals surface area contributed by atoms with Gasteiger partial charge in [0.15, 0.2) is 0 Å². The maximum atomic E-state index is 10.4. The van der Waals surface area contributed by atoms with E-state index in [4.69, 9.17) is 15.3 Å². The van der Waals surface area contributed by atoms with E-state index in [1.807, 2.05) is 0 Å². The van der Waals surface area contributed by atoms with E-state index in [9.17, 15) is 44.7 Å². The number of carboxylic acid groups (broad SMARTS) is 3. The number of benzene rings is 3. The summed E-state index contributed by atoms with van der Waals surface area (Å²) in [5, 5.41) is 56.3. The normalized spacial score (nSPS) is 9.08. The minimum Gasteiger partial charge on any atom is -0.477 e. The Kier molecular flexibility index (Phi) is 13.7. The molecule has 0 atom stereocenters. The van der Waals surface area contributed by atoms with Crippen LogP contribution in [0.5, 0.6) is 0 Å². The fourth-order valence-electron chi connectivity index (χ4n) is 2.44. The number of nitro benzene ring substituents is 3. The summed E-state index contributed by atoms with van der Waals surface area (Å²) in [7, 11) is 0. The van der Waals surface area contributed by atoms with Crippen LogP contribution >= 0.6 is 0 Å². The molecule has 0 saturated carbocycles. The Morgan fingerprint density at radius 3 is 0.811 bits per heavy atom. The molecule has 0 heterocycles. The van der Waals surface area contributed by atoms with Gasteiger partial charge in [0.2, 0.25) is 0 Å². The van der Waals surface area contributed by atoms with Gasteiger partial charge in [-0.05, 0) is 18.2 Å². The maximum Gasteiger partial charge on any atom is 0.342 e. The van der Waals surface area contributed by atoms with E-state index in [0.29, 0.717) is 0 Å². The van der Waals surface area contributed by atoms with Gasteiger partial charge in [0, 0.05) is 56.8 Å². The monoisotopic (exact) mass is 660 g/mol. The van der Waals surface area contributed by atoms with Crippen molar-refractivity contribution in [2.24, 2.45) is 0 Å². The van der Waals surface area contributed by atoms with Crippen molar-refractivity contribution >= 4 is 35.0 Å². The van der Waals surface area contributed by atoms with Gasteiger partial charge < -0.3 is 15.3 Å². The van der Waals surface area contributed by atoms with Gasteiger partial charge in [0.25, 0.3) is 17.1 Å². The third kappa shape index (κ3) is 9.98. The van der Waals surface area contributed by atoms with Crippen molar-refractivity contribution in [1.82, 2.24) is 0 Å². The second kappa shape index (κ2) is 15.5. The molecule has 3 aromatic rings. The Bertz CT molecular complexity index is 1070. The van der Waals surface area contributed by atoms with Crippen molar-refractivity contribution in [3.8, 4) is 0 Å². The van der Waals surface area contributed by atoms with E-state index in [0.717, 1.165) is 18.2 Å². The van der Waals surface area contributed by atoms with E-state index < -0.39 is 32.7 Å². The van der Waals surface area contributed by atoms with E-state index in [-0.39, 0.29) is 72.4 Å². The first-order valence-electron chi connectivity index (χ1n) is 9.28. The Balaban J connectivity index is 0.000000518. The van der Waals surface area contributed by atoms with E-state index >= 15 is 0 Å². The predicted molar refractivity (Wildman–Crippen MR) is 120 cm³/mol. The summed E-state index contributed by atoms with van der Waals surface area (Å²) in [5.74, 6) is -3.87. The molecule has 0 bridgehead atoms. The number of para-hydroxylation sites is 3. The molecule has 1 radical (unpaired) electrons. The maximum absolute atomic E-state index is 10.4. The number of nitro groups is 3. The molecule has 0 aromatic heterocycles. The fourth-order valence-corrected chi connectivity index (χ4v) is 2.44. The van der Waals surface area contributed by atoms with Crippen LogP contribution in [0.15, 0.2) is 72.8 Å². The molecule has 0 aliphatic carbocycles. The number of carboxylic acids is 3. The Morgan fingerprint density at radius 2 is 0.676 bits per heavy atom. The standard InChI is InChI=1S/3C7H5NO4.Tb/c3*9-7(10)5-3-1-2-4-6(5)8(11)12;/h3*1-4H,(H,9,10);. The minimum atomic E-state index is -1.29. The molecule has 0 fully saturated rings. The van der Waals surface area contributed by atoms with Crippen LogP contribution in [0.4, 0.5) is 17.1 Å². The van der Waals surface area contributed by atoms with Crippen molar-refractivity contribution in [2.75, 3.05) is 0 Å². The van der Waals surface area contributed by atoms with Crippen LogP contribution in [0, 0.1) is 69.0 Å². The van der Waals surface area contributed by atoms with Crippen LogP contribution in [-0.2, 0) is 0 Å². The van der Waals surface area contributed by atoms with Crippen molar-refractivity contribution in [2.45, 2.75) is 0 Å². The van der Waals surface area contributed by atoms with Crippen LogP contribution < -0.4 is 0 Å². The molecule has 15 nitrogen and oxygen atoms in total. The Labute approximate surface area is 236 Å². The number of aromatic carboxylic acids is 3. The van der Waals surface area contributed by atoms with Gasteiger partial charge in [-0.25, -0.2) is 14.4 Å². The number of hydrogen-bond donors (Lipinski definition) is 3. The summed E-state index contributed by atoms with van der Waals surface area (Å²) in [6.07, 6.45) is 0. The van der Waals surface area contributed by atoms with Gasteiger partial charge in [0.05, 0.1) is 14.8 Å². The second-order valence-electron chi connectivity index (χ2n) is 6.24. The molecule has 3 N–H and O–H groups in total. The average Bonchev–Trinajstić information content (AvgIpc) is 2.84. The molecule has 0 amide bonds. The zero-order valence-corrected chi connectivity index (χ0v) is 20.3. The number of rotatable bonds is 6. The van der Waals surface area contributed by atoms with Crippen molar-refractivity contribution in [3.05, 3.63) is 120 Å². The van der Waals surface area contributed by atoms with Crippen molar-refractivity contribution in [1.29, 1.82) is 0 Å².